The molecule has 0 amide bonds. The normalized spacial score (nSPS) is 10.0. The molecule has 0 fully saturated rings. The molecule has 0 N–H and O–H groups in total. The molecule has 0 radical (unpaired) electrons. The van der Waals surface area contributed by atoms with Crippen LogP contribution in [-0.4, -0.2) is 11.5 Å². The fraction of sp³-hybridized carbons (Fsp3) is 0.182. The number of nitrogens with zero attached hydrogens (tertiary/aromatic N) is 2. The summed E-state index contributed by atoms with van der Waals surface area (Å²) in [5, 5.41) is 19.3. The standard InChI is InChI=1S/C11H10N2O3/c1-2-3-6-16-10-4-5-11(13(14)15)9(7-10)8-12/h2-5,7H,6H2,1H3/b3-2+. The number of hydrogen-bond acceptors (Lipinski definition) is 4. The van der Waals surface area contributed by atoms with Crippen LogP contribution in [0, 0.1) is 21.4 Å². The number of ether oxygens (including phenoxy) is 1. The van der Waals surface area contributed by atoms with E-state index >= 15 is 0 Å². The zero-order chi connectivity index (χ0) is 12.0. The smallest absolute Gasteiger partial charge is 0.287 e. The molecule has 0 saturated carbocycles. The molecule has 0 aliphatic rings. The molecular formula is C11H10N2O3. The number of nitro benzene ring substituents is 1. The highest BCUT2D eigenvalue weighted by atomic mass is 16.6. The van der Waals surface area contributed by atoms with Crippen molar-refractivity contribution in [2.24, 2.45) is 0 Å². The molecule has 0 unspecified atom stereocenters. The first-order chi connectivity index (χ1) is 7.69. The van der Waals surface area contributed by atoms with E-state index in [9.17, 15) is 10.1 Å². The van der Waals surface area contributed by atoms with Crippen molar-refractivity contribution in [2.45, 2.75) is 6.92 Å². The maximum absolute atomic E-state index is 10.6. The summed E-state index contributed by atoms with van der Waals surface area (Å²) in [6.07, 6.45) is 3.63. The van der Waals surface area contributed by atoms with E-state index in [0.717, 1.165) is 0 Å². The van der Waals surface area contributed by atoms with E-state index in [0.29, 0.717) is 12.4 Å². The van der Waals surface area contributed by atoms with Gasteiger partial charge in [0.1, 0.15) is 24.0 Å². The number of rotatable bonds is 4. The molecule has 5 heteroatoms. The van der Waals surface area contributed by atoms with Crippen molar-refractivity contribution in [3.63, 3.8) is 0 Å². The summed E-state index contributed by atoms with van der Waals surface area (Å²) < 4.78 is 5.26. The second-order valence-electron chi connectivity index (χ2n) is 2.93. The summed E-state index contributed by atoms with van der Waals surface area (Å²) in [6, 6.07) is 5.87. The number of nitro groups is 1. The predicted molar refractivity (Wildman–Crippen MR) is 58.1 cm³/mol. The van der Waals surface area contributed by atoms with Crippen molar-refractivity contribution in [3.05, 3.63) is 46.0 Å². The highest BCUT2D eigenvalue weighted by molar-refractivity contribution is 5.52. The summed E-state index contributed by atoms with van der Waals surface area (Å²) >= 11 is 0. The van der Waals surface area contributed by atoms with Crippen molar-refractivity contribution in [1.82, 2.24) is 0 Å². The Morgan fingerprint density at radius 1 is 1.62 bits per heavy atom. The van der Waals surface area contributed by atoms with Gasteiger partial charge < -0.3 is 4.74 Å². The van der Waals surface area contributed by atoms with Crippen LogP contribution in [0.15, 0.2) is 30.4 Å². The van der Waals surface area contributed by atoms with Gasteiger partial charge in [-0.05, 0) is 13.0 Å². The number of hydrogen-bond donors (Lipinski definition) is 0. The molecule has 0 spiro atoms. The van der Waals surface area contributed by atoms with Crippen LogP contribution in [0.5, 0.6) is 5.75 Å². The van der Waals surface area contributed by atoms with Gasteiger partial charge in [-0.15, -0.1) is 0 Å². The molecule has 82 valence electrons. The average Bonchev–Trinajstić information content (AvgIpc) is 2.29. The summed E-state index contributed by atoms with van der Waals surface area (Å²) in [7, 11) is 0. The van der Waals surface area contributed by atoms with Gasteiger partial charge in [-0.1, -0.05) is 12.2 Å². The number of benzene rings is 1. The summed E-state index contributed by atoms with van der Waals surface area (Å²) in [4.78, 5) is 9.97. The molecular weight excluding hydrogens is 208 g/mol. The Morgan fingerprint density at radius 2 is 2.38 bits per heavy atom. The number of nitriles is 1. The van der Waals surface area contributed by atoms with Crippen molar-refractivity contribution >= 4 is 5.69 Å². The maximum atomic E-state index is 10.6. The molecule has 0 bridgehead atoms. The van der Waals surface area contributed by atoms with Crippen LogP contribution < -0.4 is 4.74 Å². The van der Waals surface area contributed by atoms with Crippen molar-refractivity contribution < 1.29 is 9.66 Å². The van der Waals surface area contributed by atoms with Crippen LogP contribution in [0.2, 0.25) is 0 Å². The zero-order valence-corrected chi connectivity index (χ0v) is 8.71. The second-order valence-corrected chi connectivity index (χ2v) is 2.93. The Bertz CT molecular complexity index is 461. The highest BCUT2D eigenvalue weighted by Crippen LogP contribution is 2.23. The summed E-state index contributed by atoms with van der Waals surface area (Å²) in [5.74, 6) is 0.445. The van der Waals surface area contributed by atoms with Gasteiger partial charge in [-0.25, -0.2) is 0 Å². The van der Waals surface area contributed by atoms with Crippen LogP contribution >= 0.6 is 0 Å². The third-order valence-electron chi connectivity index (χ3n) is 1.87. The van der Waals surface area contributed by atoms with E-state index in [4.69, 9.17) is 10.00 Å². The molecule has 0 atom stereocenters. The molecule has 0 saturated heterocycles. The van der Waals surface area contributed by atoms with Gasteiger partial charge in [0.05, 0.1) is 4.92 Å². The van der Waals surface area contributed by atoms with Crippen molar-refractivity contribution in [1.29, 1.82) is 5.26 Å². The predicted octanol–water partition coefficient (Wildman–Crippen LogP) is 2.42. The van der Waals surface area contributed by atoms with Gasteiger partial charge in [-0.3, -0.25) is 10.1 Å². The van der Waals surface area contributed by atoms with Crippen LogP contribution in [0.1, 0.15) is 12.5 Å². The average molecular weight is 218 g/mol. The van der Waals surface area contributed by atoms with Gasteiger partial charge in [0.25, 0.3) is 5.69 Å². The first kappa shape index (κ1) is 11.7. The van der Waals surface area contributed by atoms with Crippen LogP contribution in [-0.2, 0) is 0 Å². The van der Waals surface area contributed by atoms with Gasteiger partial charge in [0.15, 0.2) is 0 Å². The van der Waals surface area contributed by atoms with Crippen LogP contribution in [0.4, 0.5) is 5.69 Å². The van der Waals surface area contributed by atoms with E-state index in [1.807, 2.05) is 13.0 Å². The molecule has 1 aromatic carbocycles. The molecule has 5 nitrogen and oxygen atoms in total. The van der Waals surface area contributed by atoms with Crippen molar-refractivity contribution in [3.8, 4) is 11.8 Å². The first-order valence-electron chi connectivity index (χ1n) is 4.61. The van der Waals surface area contributed by atoms with Gasteiger partial charge in [-0.2, -0.15) is 5.26 Å². The quantitative estimate of drug-likeness (QED) is 0.441. The molecule has 0 heterocycles. The van der Waals surface area contributed by atoms with Gasteiger partial charge >= 0.3 is 0 Å². The molecule has 16 heavy (non-hydrogen) atoms. The highest BCUT2D eigenvalue weighted by Gasteiger charge is 2.13. The largest absolute Gasteiger partial charge is 0.489 e. The minimum atomic E-state index is -0.589. The van der Waals surface area contributed by atoms with E-state index in [2.05, 4.69) is 0 Å². The Labute approximate surface area is 92.7 Å². The van der Waals surface area contributed by atoms with Crippen LogP contribution in [0.3, 0.4) is 0 Å². The third-order valence-corrected chi connectivity index (χ3v) is 1.87. The first-order valence-corrected chi connectivity index (χ1v) is 4.61. The Hall–Kier alpha value is -2.35. The Morgan fingerprint density at radius 3 is 2.94 bits per heavy atom. The lowest BCUT2D eigenvalue weighted by atomic mass is 10.2. The Balaban J connectivity index is 2.92. The topological polar surface area (TPSA) is 76.2 Å². The number of allylic oxidation sites excluding steroid dienone is 1. The molecule has 0 aliphatic carbocycles. The lowest BCUT2D eigenvalue weighted by Gasteiger charge is -2.03. The molecule has 0 aliphatic heterocycles. The van der Waals surface area contributed by atoms with E-state index < -0.39 is 4.92 Å². The van der Waals surface area contributed by atoms with E-state index in [-0.39, 0.29) is 11.3 Å². The minimum absolute atomic E-state index is 0.00276. The third kappa shape index (κ3) is 2.82. The fourth-order valence-corrected chi connectivity index (χ4v) is 1.09. The summed E-state index contributed by atoms with van der Waals surface area (Å²) in [5.41, 5.74) is -0.205. The van der Waals surface area contributed by atoms with Gasteiger partial charge in [0, 0.05) is 12.1 Å². The Kier molecular flexibility index (Phi) is 4.04. The zero-order valence-electron chi connectivity index (χ0n) is 8.71. The maximum Gasteiger partial charge on any atom is 0.287 e. The van der Waals surface area contributed by atoms with E-state index in [1.54, 1.807) is 12.1 Å². The fourth-order valence-electron chi connectivity index (χ4n) is 1.09. The minimum Gasteiger partial charge on any atom is -0.489 e. The SMILES string of the molecule is C/C=C/COc1ccc([N+](=O)[O-])c(C#N)c1. The van der Waals surface area contributed by atoms with Crippen molar-refractivity contribution in [2.75, 3.05) is 6.61 Å². The van der Waals surface area contributed by atoms with Gasteiger partial charge in [0.2, 0.25) is 0 Å². The lowest BCUT2D eigenvalue weighted by Crippen LogP contribution is -1.96. The molecule has 1 aromatic rings. The molecule has 0 aromatic heterocycles. The summed E-state index contributed by atoms with van der Waals surface area (Å²) in [6.45, 7) is 2.24. The lowest BCUT2D eigenvalue weighted by molar-refractivity contribution is -0.385. The second kappa shape index (κ2) is 5.51. The van der Waals surface area contributed by atoms with E-state index in [1.165, 1.54) is 18.2 Å². The monoisotopic (exact) mass is 218 g/mol. The van der Waals surface area contributed by atoms with Crippen LogP contribution in [0.25, 0.3) is 0 Å². The molecule has 1 rings (SSSR count).